The smallest absolute Gasteiger partial charge is 0.00684 e. The highest BCUT2D eigenvalue weighted by Crippen LogP contribution is 2.33. The zero-order valence-corrected chi connectivity index (χ0v) is 11.6. The number of unbranched alkanes of at least 4 members (excludes halogenated alkanes) is 3. The molecule has 1 heteroatoms. The van der Waals surface area contributed by atoms with E-state index in [0.29, 0.717) is 5.41 Å². The van der Waals surface area contributed by atoms with Crippen LogP contribution >= 0.6 is 0 Å². The number of hydrogen-bond acceptors (Lipinski definition) is 1. The van der Waals surface area contributed by atoms with Crippen molar-refractivity contribution in [2.75, 3.05) is 6.54 Å². The standard InChI is InChI=1S/C15H31N/c1-4-7-8-9-12-15(5-2,6-3)13-16-14-10-11-14/h14,16H,4-13H2,1-3H3. The highest BCUT2D eigenvalue weighted by Gasteiger charge is 2.29. The maximum atomic E-state index is 3.74. The van der Waals surface area contributed by atoms with Gasteiger partial charge >= 0.3 is 0 Å². The van der Waals surface area contributed by atoms with Crippen LogP contribution in [0.2, 0.25) is 0 Å². The minimum atomic E-state index is 0.594. The molecule has 0 aromatic carbocycles. The molecule has 1 rings (SSSR count). The number of rotatable bonds is 10. The molecular formula is C15H31N. The predicted octanol–water partition coefficient (Wildman–Crippen LogP) is 4.52. The van der Waals surface area contributed by atoms with Gasteiger partial charge in [0, 0.05) is 12.6 Å². The fourth-order valence-corrected chi connectivity index (χ4v) is 2.52. The Kier molecular flexibility index (Phi) is 6.41. The molecule has 0 aromatic heterocycles. The van der Waals surface area contributed by atoms with E-state index in [2.05, 4.69) is 26.1 Å². The highest BCUT2D eigenvalue weighted by molar-refractivity contribution is 4.86. The Morgan fingerprint density at radius 2 is 1.69 bits per heavy atom. The zero-order valence-electron chi connectivity index (χ0n) is 11.6. The summed E-state index contributed by atoms with van der Waals surface area (Å²) in [5.74, 6) is 0. The van der Waals surface area contributed by atoms with E-state index in [0.717, 1.165) is 6.04 Å². The summed E-state index contributed by atoms with van der Waals surface area (Å²) < 4.78 is 0. The second kappa shape index (κ2) is 7.32. The molecule has 0 aromatic rings. The van der Waals surface area contributed by atoms with Crippen LogP contribution in [-0.2, 0) is 0 Å². The van der Waals surface area contributed by atoms with Crippen molar-refractivity contribution in [1.29, 1.82) is 0 Å². The molecule has 1 aliphatic rings. The Morgan fingerprint density at radius 1 is 1.00 bits per heavy atom. The lowest BCUT2D eigenvalue weighted by atomic mass is 9.77. The second-order valence-corrected chi connectivity index (χ2v) is 5.67. The van der Waals surface area contributed by atoms with Crippen molar-refractivity contribution >= 4 is 0 Å². The van der Waals surface area contributed by atoms with Crippen LogP contribution in [-0.4, -0.2) is 12.6 Å². The number of hydrogen-bond donors (Lipinski definition) is 1. The van der Waals surface area contributed by atoms with Gasteiger partial charge in [0.15, 0.2) is 0 Å². The topological polar surface area (TPSA) is 12.0 Å². The van der Waals surface area contributed by atoms with E-state index < -0.39 is 0 Å². The first-order chi connectivity index (χ1) is 7.76. The maximum Gasteiger partial charge on any atom is 0.00684 e. The molecule has 0 saturated heterocycles. The van der Waals surface area contributed by atoms with Gasteiger partial charge in [-0.15, -0.1) is 0 Å². The van der Waals surface area contributed by atoms with E-state index in [4.69, 9.17) is 0 Å². The molecule has 1 saturated carbocycles. The van der Waals surface area contributed by atoms with Crippen LogP contribution in [0.4, 0.5) is 0 Å². The van der Waals surface area contributed by atoms with Crippen molar-refractivity contribution in [2.45, 2.75) is 84.6 Å². The van der Waals surface area contributed by atoms with Gasteiger partial charge in [0.2, 0.25) is 0 Å². The lowest BCUT2D eigenvalue weighted by molar-refractivity contribution is 0.219. The SMILES string of the molecule is CCCCCCC(CC)(CC)CNC1CC1. The van der Waals surface area contributed by atoms with E-state index in [1.54, 1.807) is 0 Å². The Labute approximate surface area is 102 Å². The third-order valence-electron chi connectivity index (χ3n) is 4.40. The van der Waals surface area contributed by atoms with Crippen LogP contribution in [0.25, 0.3) is 0 Å². The zero-order chi connectivity index (χ0) is 11.9. The summed E-state index contributed by atoms with van der Waals surface area (Å²) >= 11 is 0. The fourth-order valence-electron chi connectivity index (χ4n) is 2.52. The molecule has 16 heavy (non-hydrogen) atoms. The molecule has 1 aliphatic carbocycles. The lowest BCUT2D eigenvalue weighted by Crippen LogP contribution is -2.34. The van der Waals surface area contributed by atoms with Crippen LogP contribution in [0.15, 0.2) is 0 Å². The molecule has 0 unspecified atom stereocenters. The summed E-state index contributed by atoms with van der Waals surface area (Å²) in [6.07, 6.45) is 12.6. The van der Waals surface area contributed by atoms with Gasteiger partial charge in [-0.1, -0.05) is 46.5 Å². The molecule has 1 nitrogen and oxygen atoms in total. The molecule has 0 radical (unpaired) electrons. The molecule has 0 heterocycles. The summed E-state index contributed by atoms with van der Waals surface area (Å²) in [5, 5.41) is 3.74. The van der Waals surface area contributed by atoms with Crippen molar-refractivity contribution in [1.82, 2.24) is 5.32 Å². The summed E-state index contributed by atoms with van der Waals surface area (Å²) in [4.78, 5) is 0. The van der Waals surface area contributed by atoms with Gasteiger partial charge in [-0.2, -0.15) is 0 Å². The molecule has 0 amide bonds. The molecule has 0 spiro atoms. The third-order valence-corrected chi connectivity index (χ3v) is 4.40. The molecule has 96 valence electrons. The van der Waals surface area contributed by atoms with Crippen LogP contribution in [0.1, 0.15) is 78.6 Å². The van der Waals surface area contributed by atoms with Crippen molar-refractivity contribution in [3.63, 3.8) is 0 Å². The maximum absolute atomic E-state index is 3.74. The Hall–Kier alpha value is -0.0400. The molecule has 0 aliphatic heterocycles. The quantitative estimate of drug-likeness (QED) is 0.539. The summed E-state index contributed by atoms with van der Waals surface area (Å²) in [5.41, 5.74) is 0.594. The summed E-state index contributed by atoms with van der Waals surface area (Å²) in [6, 6.07) is 0.869. The minimum absolute atomic E-state index is 0.594. The van der Waals surface area contributed by atoms with Gasteiger partial charge in [-0.05, 0) is 37.5 Å². The third kappa shape index (κ3) is 4.86. The highest BCUT2D eigenvalue weighted by atomic mass is 15.0. The monoisotopic (exact) mass is 225 g/mol. The van der Waals surface area contributed by atoms with Gasteiger partial charge in [0.1, 0.15) is 0 Å². The Morgan fingerprint density at radius 3 is 2.19 bits per heavy atom. The van der Waals surface area contributed by atoms with Crippen molar-refractivity contribution in [3.05, 3.63) is 0 Å². The Balaban J connectivity index is 2.24. The van der Waals surface area contributed by atoms with Gasteiger partial charge in [0.25, 0.3) is 0 Å². The van der Waals surface area contributed by atoms with Gasteiger partial charge in [-0.3, -0.25) is 0 Å². The fraction of sp³-hybridized carbons (Fsp3) is 1.00. The Bertz CT molecular complexity index is 168. The van der Waals surface area contributed by atoms with Crippen LogP contribution in [0, 0.1) is 5.41 Å². The van der Waals surface area contributed by atoms with E-state index >= 15 is 0 Å². The molecular weight excluding hydrogens is 194 g/mol. The molecule has 0 atom stereocenters. The van der Waals surface area contributed by atoms with Gasteiger partial charge in [-0.25, -0.2) is 0 Å². The van der Waals surface area contributed by atoms with E-state index in [1.165, 1.54) is 64.3 Å². The first kappa shape index (κ1) is 14.0. The first-order valence-electron chi connectivity index (χ1n) is 7.49. The summed E-state index contributed by atoms with van der Waals surface area (Å²) in [7, 11) is 0. The molecule has 0 bridgehead atoms. The normalized spacial score (nSPS) is 16.7. The molecule has 1 N–H and O–H groups in total. The van der Waals surface area contributed by atoms with E-state index in [1.807, 2.05) is 0 Å². The largest absolute Gasteiger partial charge is 0.313 e. The second-order valence-electron chi connectivity index (χ2n) is 5.67. The van der Waals surface area contributed by atoms with Crippen molar-refractivity contribution in [2.24, 2.45) is 5.41 Å². The number of nitrogens with one attached hydrogen (secondary N) is 1. The summed E-state index contributed by atoms with van der Waals surface area (Å²) in [6.45, 7) is 8.30. The predicted molar refractivity (Wildman–Crippen MR) is 72.8 cm³/mol. The molecule has 1 fully saturated rings. The first-order valence-corrected chi connectivity index (χ1v) is 7.49. The van der Waals surface area contributed by atoms with Gasteiger partial charge in [0.05, 0.1) is 0 Å². The lowest BCUT2D eigenvalue weighted by Gasteiger charge is -2.32. The van der Waals surface area contributed by atoms with E-state index in [9.17, 15) is 0 Å². The average Bonchev–Trinajstić information content (AvgIpc) is 3.13. The van der Waals surface area contributed by atoms with E-state index in [-0.39, 0.29) is 0 Å². The van der Waals surface area contributed by atoms with Crippen LogP contribution < -0.4 is 5.32 Å². The average molecular weight is 225 g/mol. The minimum Gasteiger partial charge on any atom is -0.313 e. The van der Waals surface area contributed by atoms with Gasteiger partial charge < -0.3 is 5.32 Å². The van der Waals surface area contributed by atoms with Crippen molar-refractivity contribution < 1.29 is 0 Å². The van der Waals surface area contributed by atoms with Crippen LogP contribution in [0.5, 0.6) is 0 Å². The van der Waals surface area contributed by atoms with Crippen LogP contribution in [0.3, 0.4) is 0 Å². The van der Waals surface area contributed by atoms with Crippen molar-refractivity contribution in [3.8, 4) is 0 Å².